The molecule has 4 nitrogen and oxygen atoms in total. The van der Waals surface area contributed by atoms with Crippen LogP contribution in [0.1, 0.15) is 36.1 Å². The van der Waals surface area contributed by atoms with E-state index in [2.05, 4.69) is 62.4 Å². The number of rotatable bonds is 6. The summed E-state index contributed by atoms with van der Waals surface area (Å²) in [7, 11) is 0. The molecule has 1 heterocycles. The highest BCUT2D eigenvalue weighted by Crippen LogP contribution is 2.32. The molecule has 3 rings (SSSR count). The monoisotopic (exact) mass is 368 g/mol. The second-order valence-corrected chi connectivity index (χ2v) is 8.28. The summed E-state index contributed by atoms with van der Waals surface area (Å²) in [6, 6.07) is 16.5. The molecule has 4 heteroatoms. The Morgan fingerprint density at radius 2 is 1.22 bits per heavy atom. The van der Waals surface area contributed by atoms with Crippen molar-refractivity contribution in [3.8, 4) is 0 Å². The Morgan fingerprint density at radius 3 is 1.59 bits per heavy atom. The van der Waals surface area contributed by atoms with Crippen LogP contribution in [0.4, 0.5) is 0 Å². The predicted octanol–water partition coefficient (Wildman–Crippen LogP) is 3.26. The molecular formula is C23H32N2O2. The molecule has 1 fully saturated rings. The van der Waals surface area contributed by atoms with Crippen LogP contribution in [0.3, 0.4) is 0 Å². The van der Waals surface area contributed by atoms with Crippen molar-refractivity contribution in [1.29, 1.82) is 0 Å². The summed E-state index contributed by atoms with van der Waals surface area (Å²) in [5.41, 5.74) is 18.0. The van der Waals surface area contributed by atoms with Gasteiger partial charge in [0.1, 0.15) is 12.2 Å². The molecule has 2 aromatic carbocycles. The minimum atomic E-state index is -0.677. The zero-order valence-corrected chi connectivity index (χ0v) is 16.8. The van der Waals surface area contributed by atoms with Crippen molar-refractivity contribution in [2.24, 2.45) is 11.5 Å². The molecular weight excluding hydrogens is 336 g/mol. The van der Waals surface area contributed by atoms with Crippen molar-refractivity contribution in [3.63, 3.8) is 0 Å². The molecule has 4 N–H and O–H groups in total. The molecule has 0 radical (unpaired) electrons. The SMILES string of the molecule is Cc1cccc(C[C@@H](N)[C@@H]2OC(C)(C)O[C@H]2[C@H](N)Cc2cccc(C)c2)c1. The molecule has 27 heavy (non-hydrogen) atoms. The summed E-state index contributed by atoms with van der Waals surface area (Å²) in [6.45, 7) is 8.04. The normalized spacial score (nSPS) is 23.9. The van der Waals surface area contributed by atoms with Crippen molar-refractivity contribution in [3.05, 3.63) is 70.8 Å². The molecule has 4 atom stereocenters. The van der Waals surface area contributed by atoms with E-state index < -0.39 is 5.79 Å². The van der Waals surface area contributed by atoms with Gasteiger partial charge >= 0.3 is 0 Å². The van der Waals surface area contributed by atoms with E-state index in [0.717, 1.165) is 12.8 Å². The van der Waals surface area contributed by atoms with Gasteiger partial charge < -0.3 is 20.9 Å². The van der Waals surface area contributed by atoms with Gasteiger partial charge in [0.15, 0.2) is 5.79 Å². The third-order valence-corrected chi connectivity index (χ3v) is 5.12. The van der Waals surface area contributed by atoms with Crippen molar-refractivity contribution in [1.82, 2.24) is 0 Å². The first-order valence-electron chi connectivity index (χ1n) is 9.71. The molecule has 0 amide bonds. The number of hydrogen-bond acceptors (Lipinski definition) is 4. The fourth-order valence-electron chi connectivity index (χ4n) is 3.93. The molecule has 0 aromatic heterocycles. The standard InChI is InChI=1S/C23H32N2O2/c1-15-7-5-9-17(11-15)13-19(24)21-22(27-23(3,4)26-21)20(25)14-18-10-6-8-16(2)12-18/h5-12,19-22H,13-14,24-25H2,1-4H3/t19-,20-,21+,22+/m1/s1. The minimum Gasteiger partial charge on any atom is -0.343 e. The van der Waals surface area contributed by atoms with Gasteiger partial charge in [-0.25, -0.2) is 0 Å². The molecule has 0 bridgehead atoms. The van der Waals surface area contributed by atoms with Crippen LogP contribution < -0.4 is 11.5 Å². The van der Waals surface area contributed by atoms with Crippen molar-refractivity contribution < 1.29 is 9.47 Å². The lowest BCUT2D eigenvalue weighted by Gasteiger charge is -2.27. The fourth-order valence-corrected chi connectivity index (χ4v) is 3.93. The summed E-state index contributed by atoms with van der Waals surface area (Å²) >= 11 is 0. The molecule has 1 aliphatic rings. The van der Waals surface area contributed by atoms with Crippen LogP contribution in [0.2, 0.25) is 0 Å². The highest BCUT2D eigenvalue weighted by molar-refractivity contribution is 5.25. The molecule has 0 unspecified atom stereocenters. The van der Waals surface area contributed by atoms with Gasteiger partial charge in [-0.15, -0.1) is 0 Å². The Labute approximate surface area is 162 Å². The lowest BCUT2D eigenvalue weighted by atomic mass is 9.92. The average molecular weight is 369 g/mol. The van der Waals surface area contributed by atoms with E-state index in [4.69, 9.17) is 20.9 Å². The highest BCUT2D eigenvalue weighted by atomic mass is 16.8. The lowest BCUT2D eigenvalue weighted by Crippen LogP contribution is -2.51. The van der Waals surface area contributed by atoms with Crippen LogP contribution in [0.5, 0.6) is 0 Å². The maximum absolute atomic E-state index is 6.57. The molecule has 2 aromatic rings. The Balaban J connectivity index is 1.73. The van der Waals surface area contributed by atoms with Crippen LogP contribution in [-0.4, -0.2) is 30.1 Å². The Bertz CT molecular complexity index is 711. The molecule has 1 aliphatic heterocycles. The maximum atomic E-state index is 6.57. The quantitative estimate of drug-likeness (QED) is 0.821. The van der Waals surface area contributed by atoms with E-state index in [0.29, 0.717) is 0 Å². The van der Waals surface area contributed by atoms with Crippen LogP contribution in [0, 0.1) is 13.8 Å². The van der Waals surface area contributed by atoms with E-state index in [9.17, 15) is 0 Å². The molecule has 0 spiro atoms. The summed E-state index contributed by atoms with van der Waals surface area (Å²) in [5.74, 6) is -0.677. The van der Waals surface area contributed by atoms with Gasteiger partial charge in [0.2, 0.25) is 0 Å². The lowest BCUT2D eigenvalue weighted by molar-refractivity contribution is -0.149. The topological polar surface area (TPSA) is 70.5 Å². The number of nitrogens with two attached hydrogens (primary N) is 2. The number of hydrogen-bond donors (Lipinski definition) is 2. The van der Waals surface area contributed by atoms with Gasteiger partial charge in [0.25, 0.3) is 0 Å². The van der Waals surface area contributed by atoms with Crippen molar-refractivity contribution in [2.75, 3.05) is 0 Å². The smallest absolute Gasteiger partial charge is 0.163 e. The molecule has 0 aliphatic carbocycles. The molecule has 1 saturated heterocycles. The summed E-state index contributed by atoms with van der Waals surface area (Å²) in [6.07, 6.45) is 1.000. The zero-order chi connectivity index (χ0) is 19.6. The Hall–Kier alpha value is -1.72. The summed E-state index contributed by atoms with van der Waals surface area (Å²) in [5, 5.41) is 0. The second-order valence-electron chi connectivity index (χ2n) is 8.28. The Morgan fingerprint density at radius 1 is 0.815 bits per heavy atom. The number of benzene rings is 2. The van der Waals surface area contributed by atoms with E-state index >= 15 is 0 Å². The first kappa shape index (κ1) is 20.0. The highest BCUT2D eigenvalue weighted by Gasteiger charge is 2.46. The number of ether oxygens (including phenoxy) is 2. The van der Waals surface area contributed by atoms with Gasteiger partial charge in [-0.1, -0.05) is 59.7 Å². The van der Waals surface area contributed by atoms with Gasteiger partial charge in [0, 0.05) is 12.1 Å². The van der Waals surface area contributed by atoms with E-state index in [1.165, 1.54) is 22.3 Å². The minimum absolute atomic E-state index is 0.179. The van der Waals surface area contributed by atoms with Crippen molar-refractivity contribution in [2.45, 2.75) is 70.6 Å². The first-order chi connectivity index (χ1) is 12.7. The van der Waals surface area contributed by atoms with Crippen LogP contribution in [0.25, 0.3) is 0 Å². The number of aryl methyl sites for hydroxylation is 2. The van der Waals surface area contributed by atoms with Gasteiger partial charge in [-0.2, -0.15) is 0 Å². The van der Waals surface area contributed by atoms with Gasteiger partial charge in [-0.05, 0) is 51.7 Å². The van der Waals surface area contributed by atoms with Crippen LogP contribution >= 0.6 is 0 Å². The maximum Gasteiger partial charge on any atom is 0.163 e. The summed E-state index contributed by atoms with van der Waals surface area (Å²) < 4.78 is 12.4. The van der Waals surface area contributed by atoms with Crippen molar-refractivity contribution >= 4 is 0 Å². The third kappa shape index (κ3) is 5.17. The van der Waals surface area contributed by atoms with Crippen LogP contribution in [0.15, 0.2) is 48.5 Å². The Kier molecular flexibility index (Phi) is 6.02. The van der Waals surface area contributed by atoms with E-state index in [1.807, 2.05) is 13.8 Å². The zero-order valence-electron chi connectivity index (χ0n) is 16.8. The predicted molar refractivity (Wildman–Crippen MR) is 110 cm³/mol. The first-order valence-corrected chi connectivity index (χ1v) is 9.71. The van der Waals surface area contributed by atoms with Gasteiger partial charge in [0.05, 0.1) is 0 Å². The third-order valence-electron chi connectivity index (χ3n) is 5.12. The average Bonchev–Trinajstić information content (AvgIpc) is 2.91. The molecule has 146 valence electrons. The molecule has 0 saturated carbocycles. The van der Waals surface area contributed by atoms with E-state index in [-0.39, 0.29) is 24.3 Å². The fraction of sp³-hybridized carbons (Fsp3) is 0.478. The second kappa shape index (κ2) is 8.11. The van der Waals surface area contributed by atoms with Crippen LogP contribution in [-0.2, 0) is 22.3 Å². The van der Waals surface area contributed by atoms with E-state index in [1.54, 1.807) is 0 Å². The summed E-state index contributed by atoms with van der Waals surface area (Å²) in [4.78, 5) is 0. The van der Waals surface area contributed by atoms with Gasteiger partial charge in [-0.3, -0.25) is 0 Å². The largest absolute Gasteiger partial charge is 0.343 e.